The van der Waals surface area contributed by atoms with Crippen molar-refractivity contribution in [3.05, 3.63) is 17.0 Å². The lowest BCUT2D eigenvalue weighted by atomic mass is 10.3. The normalized spacial score (nSPS) is 10.8. The predicted octanol–water partition coefficient (Wildman–Crippen LogP) is 1.26. The second-order valence-electron chi connectivity index (χ2n) is 3.15. The standard InChI is InChI=1S/C9H12N4OS/c1-6-7(5-11-14-6)9-13-12-8(15-9)3-4-10-2/h5,10H,3-4H2,1-2H3. The summed E-state index contributed by atoms with van der Waals surface area (Å²) in [6.45, 7) is 2.79. The van der Waals surface area contributed by atoms with E-state index in [-0.39, 0.29) is 0 Å². The van der Waals surface area contributed by atoms with Crippen LogP contribution in [0.15, 0.2) is 10.7 Å². The molecule has 15 heavy (non-hydrogen) atoms. The first kappa shape index (κ1) is 10.3. The van der Waals surface area contributed by atoms with Crippen molar-refractivity contribution in [2.24, 2.45) is 0 Å². The number of hydrogen-bond acceptors (Lipinski definition) is 6. The fourth-order valence-electron chi connectivity index (χ4n) is 1.20. The van der Waals surface area contributed by atoms with Gasteiger partial charge in [-0.25, -0.2) is 0 Å². The maximum absolute atomic E-state index is 4.99. The molecule has 0 bridgehead atoms. The van der Waals surface area contributed by atoms with Crippen molar-refractivity contribution in [1.82, 2.24) is 20.7 Å². The average molecular weight is 224 g/mol. The summed E-state index contributed by atoms with van der Waals surface area (Å²) < 4.78 is 4.99. The van der Waals surface area contributed by atoms with Crippen molar-refractivity contribution in [3.63, 3.8) is 0 Å². The number of aromatic nitrogens is 3. The van der Waals surface area contributed by atoms with Gasteiger partial charge >= 0.3 is 0 Å². The molecule has 0 aliphatic heterocycles. The third-order valence-corrected chi connectivity index (χ3v) is 3.05. The van der Waals surface area contributed by atoms with Crippen molar-refractivity contribution in [3.8, 4) is 10.6 Å². The maximum atomic E-state index is 4.99. The second kappa shape index (κ2) is 4.50. The van der Waals surface area contributed by atoms with Crippen molar-refractivity contribution in [1.29, 1.82) is 0 Å². The minimum absolute atomic E-state index is 0.784. The number of rotatable bonds is 4. The molecule has 6 heteroatoms. The molecule has 0 amide bonds. The van der Waals surface area contributed by atoms with Gasteiger partial charge < -0.3 is 9.84 Å². The maximum Gasteiger partial charge on any atom is 0.152 e. The zero-order valence-electron chi connectivity index (χ0n) is 8.65. The van der Waals surface area contributed by atoms with Gasteiger partial charge in [0.1, 0.15) is 10.8 Å². The first-order chi connectivity index (χ1) is 7.31. The summed E-state index contributed by atoms with van der Waals surface area (Å²) in [6, 6.07) is 0. The molecule has 0 unspecified atom stereocenters. The Hall–Kier alpha value is -1.27. The third-order valence-electron chi connectivity index (χ3n) is 2.04. The molecule has 2 aromatic rings. The van der Waals surface area contributed by atoms with Gasteiger partial charge in [0.05, 0.1) is 11.8 Å². The molecule has 0 spiro atoms. The molecule has 1 N–H and O–H groups in total. The molecule has 0 saturated carbocycles. The van der Waals surface area contributed by atoms with E-state index in [0.717, 1.165) is 34.3 Å². The van der Waals surface area contributed by atoms with Crippen LogP contribution in [0.1, 0.15) is 10.8 Å². The Morgan fingerprint density at radius 2 is 2.33 bits per heavy atom. The van der Waals surface area contributed by atoms with Crippen LogP contribution in [0.5, 0.6) is 0 Å². The third kappa shape index (κ3) is 2.21. The van der Waals surface area contributed by atoms with Crippen LogP contribution < -0.4 is 5.32 Å². The Balaban J connectivity index is 2.17. The predicted molar refractivity (Wildman–Crippen MR) is 57.8 cm³/mol. The largest absolute Gasteiger partial charge is 0.361 e. The Bertz CT molecular complexity index is 437. The summed E-state index contributed by atoms with van der Waals surface area (Å²) in [5, 5.41) is 16.9. The Labute approximate surface area is 91.5 Å². The molecule has 0 aliphatic carbocycles. The van der Waals surface area contributed by atoms with Crippen LogP contribution in [-0.2, 0) is 6.42 Å². The highest BCUT2D eigenvalue weighted by Gasteiger charge is 2.11. The number of hydrogen-bond donors (Lipinski definition) is 1. The van der Waals surface area contributed by atoms with Gasteiger partial charge in [-0.2, -0.15) is 0 Å². The van der Waals surface area contributed by atoms with E-state index in [9.17, 15) is 0 Å². The van der Waals surface area contributed by atoms with Crippen molar-refractivity contribution < 1.29 is 4.52 Å². The Morgan fingerprint density at radius 1 is 1.47 bits per heavy atom. The molecule has 0 radical (unpaired) electrons. The van der Waals surface area contributed by atoms with Crippen LogP contribution >= 0.6 is 11.3 Å². The van der Waals surface area contributed by atoms with E-state index in [4.69, 9.17) is 4.52 Å². The highest BCUT2D eigenvalue weighted by atomic mass is 32.1. The van der Waals surface area contributed by atoms with E-state index in [0.29, 0.717) is 0 Å². The smallest absolute Gasteiger partial charge is 0.152 e. The molecule has 2 aromatic heterocycles. The molecule has 2 rings (SSSR count). The first-order valence-electron chi connectivity index (χ1n) is 4.70. The van der Waals surface area contributed by atoms with Gasteiger partial charge in [-0.05, 0) is 14.0 Å². The number of nitrogens with zero attached hydrogens (tertiary/aromatic N) is 3. The highest BCUT2D eigenvalue weighted by molar-refractivity contribution is 7.14. The van der Waals surface area contributed by atoms with Gasteiger partial charge in [0.25, 0.3) is 0 Å². The topological polar surface area (TPSA) is 63.8 Å². The van der Waals surface area contributed by atoms with E-state index in [1.807, 2.05) is 14.0 Å². The Kier molecular flexibility index (Phi) is 3.08. The van der Waals surface area contributed by atoms with Gasteiger partial charge in [0.15, 0.2) is 5.01 Å². The van der Waals surface area contributed by atoms with Crippen LogP contribution in [0.3, 0.4) is 0 Å². The summed E-state index contributed by atoms with van der Waals surface area (Å²) >= 11 is 1.58. The average Bonchev–Trinajstić information content (AvgIpc) is 2.83. The molecule has 0 atom stereocenters. The molecular formula is C9H12N4OS. The zero-order valence-corrected chi connectivity index (χ0v) is 9.47. The van der Waals surface area contributed by atoms with Crippen LogP contribution in [-0.4, -0.2) is 28.9 Å². The first-order valence-corrected chi connectivity index (χ1v) is 5.51. The quantitative estimate of drug-likeness (QED) is 0.847. The van der Waals surface area contributed by atoms with Crippen molar-refractivity contribution in [2.75, 3.05) is 13.6 Å². The van der Waals surface area contributed by atoms with E-state index < -0.39 is 0 Å². The van der Waals surface area contributed by atoms with Crippen LogP contribution in [0.2, 0.25) is 0 Å². The fourth-order valence-corrected chi connectivity index (χ4v) is 2.10. The fraction of sp³-hybridized carbons (Fsp3) is 0.444. The lowest BCUT2D eigenvalue weighted by molar-refractivity contribution is 0.398. The summed E-state index contributed by atoms with van der Waals surface area (Å²) in [4.78, 5) is 0. The van der Waals surface area contributed by atoms with Crippen molar-refractivity contribution in [2.45, 2.75) is 13.3 Å². The molecular weight excluding hydrogens is 212 g/mol. The van der Waals surface area contributed by atoms with Crippen LogP contribution in [0.25, 0.3) is 10.6 Å². The van der Waals surface area contributed by atoms with E-state index in [1.165, 1.54) is 0 Å². The molecule has 80 valence electrons. The zero-order chi connectivity index (χ0) is 10.7. The molecule has 5 nitrogen and oxygen atoms in total. The summed E-state index contributed by atoms with van der Waals surface area (Å²) in [7, 11) is 1.92. The van der Waals surface area contributed by atoms with Gasteiger partial charge in [0, 0.05) is 13.0 Å². The van der Waals surface area contributed by atoms with E-state index in [1.54, 1.807) is 17.5 Å². The lowest BCUT2D eigenvalue weighted by Crippen LogP contribution is -2.09. The van der Waals surface area contributed by atoms with Gasteiger partial charge in [-0.15, -0.1) is 10.2 Å². The summed E-state index contributed by atoms with van der Waals surface area (Å²) in [6.07, 6.45) is 2.58. The Morgan fingerprint density at radius 3 is 3.00 bits per heavy atom. The molecule has 2 heterocycles. The minimum atomic E-state index is 0.784. The lowest BCUT2D eigenvalue weighted by Gasteiger charge is -1.91. The second-order valence-corrected chi connectivity index (χ2v) is 4.21. The minimum Gasteiger partial charge on any atom is -0.361 e. The molecule has 0 aromatic carbocycles. The molecule has 0 saturated heterocycles. The highest BCUT2D eigenvalue weighted by Crippen LogP contribution is 2.26. The van der Waals surface area contributed by atoms with Crippen molar-refractivity contribution >= 4 is 11.3 Å². The van der Waals surface area contributed by atoms with Crippen LogP contribution in [0.4, 0.5) is 0 Å². The monoisotopic (exact) mass is 224 g/mol. The summed E-state index contributed by atoms with van der Waals surface area (Å²) in [5.41, 5.74) is 0.934. The van der Waals surface area contributed by atoms with E-state index >= 15 is 0 Å². The number of nitrogens with one attached hydrogen (secondary N) is 1. The molecule has 0 aliphatic rings. The van der Waals surface area contributed by atoms with E-state index in [2.05, 4.69) is 20.7 Å². The number of aryl methyl sites for hydroxylation is 1. The SMILES string of the molecule is CNCCc1nnc(-c2cnoc2C)s1. The summed E-state index contributed by atoms with van der Waals surface area (Å²) in [5.74, 6) is 0.784. The van der Waals surface area contributed by atoms with Gasteiger partial charge in [0.2, 0.25) is 0 Å². The van der Waals surface area contributed by atoms with Gasteiger partial charge in [-0.1, -0.05) is 16.5 Å². The number of likely N-dealkylation sites (N-methyl/N-ethyl adjacent to an activating group) is 1. The molecule has 0 fully saturated rings. The van der Waals surface area contributed by atoms with Gasteiger partial charge in [-0.3, -0.25) is 0 Å². The van der Waals surface area contributed by atoms with Crippen LogP contribution in [0, 0.1) is 6.92 Å².